The maximum atomic E-state index is 12.4. The van der Waals surface area contributed by atoms with Crippen molar-refractivity contribution in [2.75, 3.05) is 11.9 Å². The quantitative estimate of drug-likeness (QED) is 0.760. The standard InChI is InChI=1S/C21H28N2O3/c1-2-3-6-15-9-11-16(12-10-15)22-19(24)13-14-23-20(25)17-7-4-5-8-18(17)21(23)26/h9-12,17-18H,2-8,13-14H2,1H3,(H,22,24)/t17-,18-/m0/s1. The lowest BCUT2D eigenvalue weighted by molar-refractivity contribution is -0.140. The number of fused-ring (bicyclic) bond motifs is 1. The van der Waals surface area contributed by atoms with Crippen LogP contribution in [-0.2, 0) is 20.8 Å². The van der Waals surface area contributed by atoms with E-state index >= 15 is 0 Å². The third-order valence-corrected chi connectivity index (χ3v) is 5.55. The summed E-state index contributed by atoms with van der Waals surface area (Å²) in [6, 6.07) is 7.88. The fourth-order valence-electron chi connectivity index (χ4n) is 4.02. The Morgan fingerprint density at radius 3 is 2.27 bits per heavy atom. The molecule has 1 N–H and O–H groups in total. The molecule has 2 fully saturated rings. The van der Waals surface area contributed by atoms with Gasteiger partial charge in [-0.15, -0.1) is 0 Å². The Kier molecular flexibility index (Phi) is 6.07. The molecule has 1 aliphatic heterocycles. The van der Waals surface area contributed by atoms with Crippen LogP contribution in [0, 0.1) is 11.8 Å². The van der Waals surface area contributed by atoms with Gasteiger partial charge in [0.25, 0.3) is 0 Å². The molecule has 0 radical (unpaired) electrons. The number of hydrogen-bond donors (Lipinski definition) is 1. The summed E-state index contributed by atoms with van der Waals surface area (Å²) in [6.07, 6.45) is 7.16. The predicted octanol–water partition coefficient (Wildman–Crippen LogP) is 3.53. The van der Waals surface area contributed by atoms with E-state index in [0.717, 1.165) is 50.6 Å². The van der Waals surface area contributed by atoms with E-state index in [0.29, 0.717) is 0 Å². The van der Waals surface area contributed by atoms with Crippen molar-refractivity contribution in [1.29, 1.82) is 0 Å². The molecule has 0 spiro atoms. The number of likely N-dealkylation sites (tertiary alicyclic amines) is 1. The van der Waals surface area contributed by atoms with Crippen LogP contribution in [0.4, 0.5) is 5.69 Å². The molecular formula is C21H28N2O3. The van der Waals surface area contributed by atoms with Crippen LogP contribution in [0.2, 0.25) is 0 Å². The molecular weight excluding hydrogens is 328 g/mol. The Hall–Kier alpha value is -2.17. The lowest BCUT2D eigenvalue weighted by Gasteiger charge is -2.19. The lowest BCUT2D eigenvalue weighted by Crippen LogP contribution is -2.34. The molecule has 1 saturated carbocycles. The topological polar surface area (TPSA) is 66.5 Å². The minimum absolute atomic E-state index is 0.0761. The van der Waals surface area contributed by atoms with Gasteiger partial charge in [-0.25, -0.2) is 0 Å². The third-order valence-electron chi connectivity index (χ3n) is 5.55. The molecule has 1 aliphatic carbocycles. The monoisotopic (exact) mass is 356 g/mol. The van der Waals surface area contributed by atoms with Crippen LogP contribution >= 0.6 is 0 Å². The zero-order valence-electron chi connectivity index (χ0n) is 15.5. The average Bonchev–Trinajstić information content (AvgIpc) is 2.90. The number of unbranched alkanes of at least 4 members (excludes halogenated alkanes) is 1. The molecule has 3 amide bonds. The van der Waals surface area contributed by atoms with Crippen molar-refractivity contribution < 1.29 is 14.4 Å². The molecule has 26 heavy (non-hydrogen) atoms. The molecule has 1 aromatic carbocycles. The minimum Gasteiger partial charge on any atom is -0.326 e. The van der Waals surface area contributed by atoms with Gasteiger partial charge in [-0.1, -0.05) is 38.3 Å². The smallest absolute Gasteiger partial charge is 0.233 e. The van der Waals surface area contributed by atoms with Gasteiger partial charge in [-0.2, -0.15) is 0 Å². The fraction of sp³-hybridized carbons (Fsp3) is 0.571. The van der Waals surface area contributed by atoms with Crippen molar-refractivity contribution in [2.24, 2.45) is 11.8 Å². The number of nitrogens with one attached hydrogen (secondary N) is 1. The van der Waals surface area contributed by atoms with Crippen LogP contribution in [0.25, 0.3) is 0 Å². The van der Waals surface area contributed by atoms with Crippen LogP contribution in [0.3, 0.4) is 0 Å². The van der Waals surface area contributed by atoms with E-state index in [4.69, 9.17) is 0 Å². The molecule has 5 heteroatoms. The predicted molar refractivity (Wildman–Crippen MR) is 100 cm³/mol. The number of nitrogens with zero attached hydrogens (tertiary/aromatic N) is 1. The van der Waals surface area contributed by atoms with Crippen molar-refractivity contribution in [3.05, 3.63) is 29.8 Å². The Bertz CT molecular complexity index is 644. The summed E-state index contributed by atoms with van der Waals surface area (Å²) in [7, 11) is 0. The lowest BCUT2D eigenvalue weighted by atomic mass is 9.81. The first kappa shape index (κ1) is 18.6. The summed E-state index contributed by atoms with van der Waals surface area (Å²) in [5.74, 6) is -0.604. The summed E-state index contributed by atoms with van der Waals surface area (Å²) >= 11 is 0. The molecule has 1 saturated heterocycles. The molecule has 2 atom stereocenters. The van der Waals surface area contributed by atoms with E-state index in [1.807, 2.05) is 24.3 Å². The second-order valence-corrected chi connectivity index (χ2v) is 7.42. The molecule has 0 bridgehead atoms. The van der Waals surface area contributed by atoms with Gasteiger partial charge >= 0.3 is 0 Å². The molecule has 1 heterocycles. The van der Waals surface area contributed by atoms with E-state index in [2.05, 4.69) is 12.2 Å². The van der Waals surface area contributed by atoms with Crippen molar-refractivity contribution in [2.45, 2.75) is 58.3 Å². The maximum absolute atomic E-state index is 12.4. The summed E-state index contributed by atoms with van der Waals surface area (Å²) in [5.41, 5.74) is 2.02. The maximum Gasteiger partial charge on any atom is 0.233 e. The highest BCUT2D eigenvalue weighted by molar-refractivity contribution is 6.05. The first-order valence-corrected chi connectivity index (χ1v) is 9.84. The van der Waals surface area contributed by atoms with Gasteiger partial charge in [0, 0.05) is 18.7 Å². The second-order valence-electron chi connectivity index (χ2n) is 7.42. The molecule has 1 aromatic rings. The molecule has 2 aliphatic rings. The third kappa shape index (κ3) is 4.14. The van der Waals surface area contributed by atoms with Gasteiger partial charge in [0.1, 0.15) is 0 Å². The van der Waals surface area contributed by atoms with E-state index in [-0.39, 0.29) is 42.5 Å². The van der Waals surface area contributed by atoms with Crippen LogP contribution in [-0.4, -0.2) is 29.2 Å². The zero-order chi connectivity index (χ0) is 18.5. The van der Waals surface area contributed by atoms with Crippen molar-refractivity contribution in [3.8, 4) is 0 Å². The SMILES string of the molecule is CCCCc1ccc(NC(=O)CCN2C(=O)[C@H]3CCCC[C@@H]3C2=O)cc1. The molecule has 3 rings (SSSR count). The number of amides is 3. The number of carbonyl (C=O) groups is 3. The number of rotatable bonds is 7. The van der Waals surface area contributed by atoms with Gasteiger partial charge in [0.2, 0.25) is 17.7 Å². The largest absolute Gasteiger partial charge is 0.326 e. The van der Waals surface area contributed by atoms with Gasteiger partial charge in [-0.3, -0.25) is 19.3 Å². The summed E-state index contributed by atoms with van der Waals surface area (Å²) < 4.78 is 0. The van der Waals surface area contributed by atoms with E-state index in [1.165, 1.54) is 10.5 Å². The number of imide groups is 1. The van der Waals surface area contributed by atoms with E-state index in [9.17, 15) is 14.4 Å². The van der Waals surface area contributed by atoms with Crippen LogP contribution in [0.1, 0.15) is 57.4 Å². The molecule has 5 nitrogen and oxygen atoms in total. The molecule has 0 aromatic heterocycles. The first-order chi connectivity index (χ1) is 12.6. The number of benzene rings is 1. The van der Waals surface area contributed by atoms with Gasteiger partial charge in [0.05, 0.1) is 11.8 Å². The number of carbonyl (C=O) groups excluding carboxylic acids is 3. The van der Waals surface area contributed by atoms with Gasteiger partial charge in [-0.05, 0) is 43.4 Å². The fourth-order valence-corrected chi connectivity index (χ4v) is 4.02. The summed E-state index contributed by atoms with van der Waals surface area (Å²) in [5, 5.41) is 2.85. The van der Waals surface area contributed by atoms with Crippen molar-refractivity contribution in [3.63, 3.8) is 0 Å². The highest BCUT2D eigenvalue weighted by atomic mass is 16.2. The molecule has 140 valence electrons. The highest BCUT2D eigenvalue weighted by Crippen LogP contribution is 2.37. The molecule has 0 unspecified atom stereocenters. The second kappa shape index (κ2) is 8.47. The Morgan fingerprint density at radius 2 is 1.69 bits per heavy atom. The highest BCUT2D eigenvalue weighted by Gasteiger charge is 2.47. The Labute approximate surface area is 155 Å². The Morgan fingerprint density at radius 1 is 1.08 bits per heavy atom. The van der Waals surface area contributed by atoms with Crippen molar-refractivity contribution in [1.82, 2.24) is 4.90 Å². The average molecular weight is 356 g/mol. The zero-order valence-corrected chi connectivity index (χ0v) is 15.5. The van der Waals surface area contributed by atoms with Gasteiger partial charge in [0.15, 0.2) is 0 Å². The minimum atomic E-state index is -0.165. The number of anilines is 1. The van der Waals surface area contributed by atoms with Crippen LogP contribution in [0.15, 0.2) is 24.3 Å². The van der Waals surface area contributed by atoms with Crippen LogP contribution < -0.4 is 5.32 Å². The van der Waals surface area contributed by atoms with Gasteiger partial charge < -0.3 is 5.32 Å². The normalized spacial score (nSPS) is 22.4. The first-order valence-electron chi connectivity index (χ1n) is 9.84. The summed E-state index contributed by atoms with van der Waals surface area (Å²) in [4.78, 5) is 38.3. The number of hydrogen-bond acceptors (Lipinski definition) is 3. The summed E-state index contributed by atoms with van der Waals surface area (Å²) in [6.45, 7) is 2.35. The van der Waals surface area contributed by atoms with E-state index in [1.54, 1.807) is 0 Å². The van der Waals surface area contributed by atoms with Crippen molar-refractivity contribution >= 4 is 23.4 Å². The number of aryl methyl sites for hydroxylation is 1. The van der Waals surface area contributed by atoms with E-state index < -0.39 is 0 Å². The Balaban J connectivity index is 1.49. The van der Waals surface area contributed by atoms with Crippen LogP contribution in [0.5, 0.6) is 0 Å².